The van der Waals surface area contributed by atoms with Gasteiger partial charge in [0.15, 0.2) is 17.0 Å². The van der Waals surface area contributed by atoms with Gasteiger partial charge in [-0.3, -0.25) is 19.5 Å². The van der Waals surface area contributed by atoms with Gasteiger partial charge in [0.2, 0.25) is 5.91 Å². The molecular formula is C23H26N6O4S. The van der Waals surface area contributed by atoms with Gasteiger partial charge in [-0.1, -0.05) is 23.9 Å². The number of ether oxygens (including phenoxy) is 2. The lowest BCUT2D eigenvalue weighted by Crippen LogP contribution is -2.25. The van der Waals surface area contributed by atoms with Crippen LogP contribution in [0.1, 0.15) is 31.1 Å². The number of thioether (sulfide) groups is 1. The Morgan fingerprint density at radius 2 is 2.06 bits per heavy atom. The van der Waals surface area contributed by atoms with E-state index in [0.717, 1.165) is 65.9 Å². The van der Waals surface area contributed by atoms with Crippen LogP contribution in [0.4, 0.5) is 10.6 Å². The van der Waals surface area contributed by atoms with Crippen LogP contribution in [0.3, 0.4) is 0 Å². The number of anilines is 1. The fourth-order valence-corrected chi connectivity index (χ4v) is 5.00. The number of amides is 2. The summed E-state index contributed by atoms with van der Waals surface area (Å²) in [5.74, 6) is 1.26. The number of rotatable bonds is 8. The molecule has 2 aliphatic rings. The number of nitrogens with zero attached hydrogens (tertiary/aromatic N) is 5. The largest absolute Gasteiger partial charge is 0.492 e. The van der Waals surface area contributed by atoms with Gasteiger partial charge >= 0.3 is 0 Å². The highest BCUT2D eigenvalue weighted by molar-refractivity contribution is 8.15. The van der Waals surface area contributed by atoms with Crippen molar-refractivity contribution < 1.29 is 19.1 Å². The van der Waals surface area contributed by atoms with Crippen molar-refractivity contribution in [1.29, 1.82) is 0 Å². The quantitative estimate of drug-likeness (QED) is 0.518. The average molecular weight is 483 g/mol. The van der Waals surface area contributed by atoms with Gasteiger partial charge in [0.25, 0.3) is 5.24 Å². The summed E-state index contributed by atoms with van der Waals surface area (Å²) in [5, 5.41) is 1.66. The highest BCUT2D eigenvalue weighted by atomic mass is 32.2. The van der Waals surface area contributed by atoms with Crippen molar-refractivity contribution >= 4 is 39.9 Å². The molecule has 4 heterocycles. The van der Waals surface area contributed by atoms with Crippen LogP contribution in [0.2, 0.25) is 0 Å². The summed E-state index contributed by atoms with van der Waals surface area (Å²) in [7, 11) is 1.95. The molecule has 3 aromatic rings. The van der Waals surface area contributed by atoms with Gasteiger partial charge in [0, 0.05) is 13.7 Å². The molecule has 2 fully saturated rings. The molecule has 2 amide bonds. The van der Waals surface area contributed by atoms with E-state index in [2.05, 4.69) is 20.3 Å². The molecule has 2 atom stereocenters. The van der Waals surface area contributed by atoms with Gasteiger partial charge < -0.3 is 14.4 Å². The molecule has 2 unspecified atom stereocenters. The minimum absolute atomic E-state index is 0.0276. The number of imide groups is 1. The number of fused-ring (bicyclic) bond motifs is 1. The first-order valence-corrected chi connectivity index (χ1v) is 12.2. The molecule has 1 N–H and O–H groups in total. The Balaban J connectivity index is 1.17. The highest BCUT2D eigenvalue weighted by Gasteiger charge is 2.31. The molecule has 10 nitrogen and oxygen atoms in total. The van der Waals surface area contributed by atoms with E-state index in [0.29, 0.717) is 19.6 Å². The fourth-order valence-electron chi connectivity index (χ4n) is 4.14. The summed E-state index contributed by atoms with van der Waals surface area (Å²) >= 11 is 1.04. The molecule has 1 aromatic carbocycles. The number of hydrogen-bond donors (Lipinski definition) is 1. The minimum atomic E-state index is -0.370. The van der Waals surface area contributed by atoms with E-state index in [1.165, 1.54) is 0 Å². The summed E-state index contributed by atoms with van der Waals surface area (Å²) < 4.78 is 13.8. The van der Waals surface area contributed by atoms with Gasteiger partial charge in [0.05, 0.1) is 18.1 Å². The number of aromatic nitrogens is 4. The van der Waals surface area contributed by atoms with Crippen molar-refractivity contribution in [3.63, 3.8) is 0 Å². The van der Waals surface area contributed by atoms with Crippen molar-refractivity contribution in [2.45, 2.75) is 37.2 Å². The second-order valence-corrected chi connectivity index (χ2v) is 9.52. The number of imidazole rings is 1. The number of carbonyl (C=O) groups excluding carboxylic acids is 2. The predicted octanol–water partition coefficient (Wildman–Crippen LogP) is 2.93. The molecule has 34 heavy (non-hydrogen) atoms. The Kier molecular flexibility index (Phi) is 6.63. The van der Waals surface area contributed by atoms with Gasteiger partial charge in [-0.25, -0.2) is 15.0 Å². The Morgan fingerprint density at radius 3 is 2.79 bits per heavy atom. The van der Waals surface area contributed by atoms with E-state index in [9.17, 15) is 9.59 Å². The lowest BCUT2D eigenvalue weighted by atomic mass is 10.1. The third-order valence-electron chi connectivity index (χ3n) is 5.97. The maximum atomic E-state index is 11.7. The predicted molar refractivity (Wildman–Crippen MR) is 128 cm³/mol. The molecule has 2 saturated heterocycles. The van der Waals surface area contributed by atoms with Crippen LogP contribution < -0.4 is 15.0 Å². The van der Waals surface area contributed by atoms with Crippen molar-refractivity contribution in [1.82, 2.24) is 24.8 Å². The molecule has 0 bridgehead atoms. The molecule has 2 aromatic heterocycles. The summed E-state index contributed by atoms with van der Waals surface area (Å²) in [6, 6.07) is 7.60. The first kappa shape index (κ1) is 22.6. The van der Waals surface area contributed by atoms with Gasteiger partial charge in [-0.15, -0.1) is 0 Å². The van der Waals surface area contributed by atoms with Crippen molar-refractivity contribution in [3.8, 4) is 5.75 Å². The number of nitrogens with one attached hydrogen (secondary N) is 1. The zero-order chi connectivity index (χ0) is 23.5. The van der Waals surface area contributed by atoms with Crippen LogP contribution >= 0.6 is 11.8 Å². The Labute approximate surface area is 201 Å². The SMILES string of the molecule is CN(CCOc1ccc(CC2SC(=O)NC2=O)cc1)c1ncnc2c1ncn2C1CCCCO1. The summed E-state index contributed by atoms with van der Waals surface area (Å²) in [5.41, 5.74) is 2.50. The van der Waals surface area contributed by atoms with Crippen LogP contribution in [-0.2, 0) is 16.0 Å². The van der Waals surface area contributed by atoms with Gasteiger partial charge in [-0.2, -0.15) is 0 Å². The highest BCUT2D eigenvalue weighted by Crippen LogP contribution is 2.28. The summed E-state index contributed by atoms with van der Waals surface area (Å²) in [4.78, 5) is 38.5. The molecule has 0 radical (unpaired) electrons. The number of likely N-dealkylation sites (N-methyl/N-ethyl adjacent to an activating group) is 1. The van der Waals surface area contributed by atoms with E-state index >= 15 is 0 Å². The van der Waals surface area contributed by atoms with Crippen molar-refractivity contribution in [3.05, 3.63) is 42.5 Å². The molecule has 2 aliphatic heterocycles. The van der Waals surface area contributed by atoms with E-state index in [4.69, 9.17) is 9.47 Å². The third kappa shape index (κ3) is 4.85. The number of benzene rings is 1. The number of carbonyl (C=O) groups is 2. The topological polar surface area (TPSA) is 111 Å². The molecule has 11 heteroatoms. The van der Waals surface area contributed by atoms with E-state index < -0.39 is 0 Å². The van der Waals surface area contributed by atoms with Crippen molar-refractivity contribution in [2.75, 3.05) is 31.7 Å². The smallest absolute Gasteiger partial charge is 0.286 e. The zero-order valence-corrected chi connectivity index (χ0v) is 19.7. The second-order valence-electron chi connectivity index (χ2n) is 8.34. The first-order valence-electron chi connectivity index (χ1n) is 11.3. The first-order chi connectivity index (χ1) is 16.6. The Bertz CT molecular complexity index is 1180. The van der Waals surface area contributed by atoms with Gasteiger partial charge in [0.1, 0.15) is 24.9 Å². The van der Waals surface area contributed by atoms with Gasteiger partial charge in [-0.05, 0) is 43.4 Å². The van der Waals surface area contributed by atoms with E-state index in [-0.39, 0.29) is 22.6 Å². The number of hydrogen-bond acceptors (Lipinski definition) is 9. The summed E-state index contributed by atoms with van der Waals surface area (Å²) in [6.07, 6.45) is 7.01. The van der Waals surface area contributed by atoms with Crippen LogP contribution in [-0.4, -0.2) is 62.7 Å². The second kappa shape index (κ2) is 9.98. The molecule has 178 valence electrons. The van der Waals surface area contributed by atoms with Crippen molar-refractivity contribution in [2.24, 2.45) is 0 Å². The maximum absolute atomic E-state index is 11.7. The molecule has 0 spiro atoms. The standard InChI is InChI=1S/C23H26N6O4S/c1-28(20-19-21(25-13-24-20)29(14-26-19)18-4-2-3-10-33-18)9-11-32-16-7-5-15(6-8-16)12-17-22(30)27-23(31)34-17/h5-8,13-14,17-18H,2-4,9-12H2,1H3,(H,27,30,31). The minimum Gasteiger partial charge on any atom is -0.492 e. The van der Waals surface area contributed by atoms with Crippen LogP contribution in [0.25, 0.3) is 11.2 Å². The molecule has 0 saturated carbocycles. The Morgan fingerprint density at radius 1 is 1.21 bits per heavy atom. The Hall–Kier alpha value is -3.18. The molecular weight excluding hydrogens is 456 g/mol. The van der Waals surface area contributed by atoms with E-state index in [1.54, 1.807) is 12.7 Å². The van der Waals surface area contributed by atoms with Crippen LogP contribution in [0, 0.1) is 0 Å². The summed E-state index contributed by atoms with van der Waals surface area (Å²) in [6.45, 7) is 1.83. The van der Waals surface area contributed by atoms with Crippen LogP contribution in [0.15, 0.2) is 36.9 Å². The maximum Gasteiger partial charge on any atom is 0.286 e. The zero-order valence-electron chi connectivity index (χ0n) is 18.8. The monoisotopic (exact) mass is 482 g/mol. The van der Waals surface area contributed by atoms with E-state index in [1.807, 2.05) is 40.8 Å². The average Bonchev–Trinajstić information content (AvgIpc) is 3.43. The fraction of sp³-hybridized carbons (Fsp3) is 0.435. The van der Waals surface area contributed by atoms with Crippen LogP contribution in [0.5, 0.6) is 5.75 Å². The molecule has 0 aliphatic carbocycles. The lowest BCUT2D eigenvalue weighted by molar-refractivity contribution is -0.118. The third-order valence-corrected chi connectivity index (χ3v) is 6.96. The normalized spacial score (nSPS) is 20.5. The molecule has 5 rings (SSSR count). The lowest BCUT2D eigenvalue weighted by Gasteiger charge is -2.24.